The summed E-state index contributed by atoms with van der Waals surface area (Å²) in [5.41, 5.74) is 6.02. The van der Waals surface area contributed by atoms with Crippen LogP contribution in [0.4, 0.5) is 10.1 Å². The summed E-state index contributed by atoms with van der Waals surface area (Å²) in [6.45, 7) is 8.61. The molecule has 0 fully saturated rings. The lowest BCUT2D eigenvalue weighted by Crippen LogP contribution is -2.21. The fourth-order valence-corrected chi connectivity index (χ4v) is 3.54. The predicted octanol–water partition coefficient (Wildman–Crippen LogP) is 4.16. The molecule has 0 radical (unpaired) electrons. The van der Waals surface area contributed by atoms with Crippen LogP contribution in [0.1, 0.15) is 23.9 Å². The van der Waals surface area contributed by atoms with Gasteiger partial charge in [0.1, 0.15) is 5.82 Å². The van der Waals surface area contributed by atoms with Gasteiger partial charge in [0, 0.05) is 12.2 Å². The van der Waals surface area contributed by atoms with E-state index in [4.69, 9.17) is 0 Å². The Bertz CT molecular complexity index is 1090. The fourth-order valence-electron chi connectivity index (χ4n) is 2.79. The lowest BCUT2D eigenvalue weighted by molar-refractivity contribution is -0.118. The second-order valence-corrected chi connectivity index (χ2v) is 7.99. The molecule has 0 unspecified atom stereocenters. The Labute approximate surface area is 190 Å². The zero-order valence-electron chi connectivity index (χ0n) is 18.0. The summed E-state index contributed by atoms with van der Waals surface area (Å²) in [5, 5.41) is 16.5. The Morgan fingerprint density at radius 2 is 1.91 bits per heavy atom. The van der Waals surface area contributed by atoms with E-state index in [2.05, 4.69) is 32.6 Å². The SMILES string of the molecule is C=CCn1c(CNc2ccc(C)cc2)nnc1SCC(=O)N/N=C(/C)c1ccc(F)cc1. The van der Waals surface area contributed by atoms with Crippen LogP contribution in [0, 0.1) is 12.7 Å². The number of amides is 1. The van der Waals surface area contributed by atoms with Crippen molar-refractivity contribution < 1.29 is 9.18 Å². The van der Waals surface area contributed by atoms with Crippen LogP contribution in [0.25, 0.3) is 0 Å². The molecular weight excluding hydrogens is 427 g/mol. The zero-order chi connectivity index (χ0) is 22.9. The van der Waals surface area contributed by atoms with Crippen LogP contribution in [0.2, 0.25) is 0 Å². The number of aromatic nitrogens is 3. The lowest BCUT2D eigenvalue weighted by atomic mass is 10.1. The van der Waals surface area contributed by atoms with Gasteiger partial charge in [0.25, 0.3) is 5.91 Å². The van der Waals surface area contributed by atoms with Crippen molar-refractivity contribution in [3.63, 3.8) is 0 Å². The Kier molecular flexibility index (Phi) is 8.15. The van der Waals surface area contributed by atoms with Gasteiger partial charge >= 0.3 is 0 Å². The number of nitrogens with one attached hydrogen (secondary N) is 2. The van der Waals surface area contributed by atoms with Gasteiger partial charge < -0.3 is 9.88 Å². The van der Waals surface area contributed by atoms with E-state index in [1.165, 1.54) is 29.5 Å². The number of allylic oxidation sites excluding steroid dienone is 1. The molecule has 3 rings (SSSR count). The van der Waals surface area contributed by atoms with Crippen LogP contribution in [0.5, 0.6) is 0 Å². The van der Waals surface area contributed by atoms with Gasteiger partial charge in [0.05, 0.1) is 18.0 Å². The van der Waals surface area contributed by atoms with Crippen LogP contribution in [0.15, 0.2) is 71.4 Å². The maximum atomic E-state index is 13.0. The number of hydrogen-bond acceptors (Lipinski definition) is 6. The van der Waals surface area contributed by atoms with Crippen LogP contribution >= 0.6 is 11.8 Å². The summed E-state index contributed by atoms with van der Waals surface area (Å²) in [6, 6.07) is 14.0. The molecular formula is C23H25FN6OS. The van der Waals surface area contributed by atoms with Gasteiger partial charge in [0.15, 0.2) is 11.0 Å². The molecule has 0 spiro atoms. The van der Waals surface area contributed by atoms with E-state index < -0.39 is 0 Å². The molecule has 1 heterocycles. The lowest BCUT2D eigenvalue weighted by Gasteiger charge is -2.09. The molecule has 0 aliphatic heterocycles. The molecule has 0 bridgehead atoms. The van der Waals surface area contributed by atoms with E-state index in [1.807, 2.05) is 35.8 Å². The van der Waals surface area contributed by atoms with E-state index in [0.29, 0.717) is 24.0 Å². The highest BCUT2D eigenvalue weighted by Crippen LogP contribution is 2.18. The number of anilines is 1. The average molecular weight is 453 g/mol. The number of benzene rings is 2. The number of thioether (sulfide) groups is 1. The third kappa shape index (κ3) is 6.52. The number of hydrogen-bond donors (Lipinski definition) is 2. The van der Waals surface area contributed by atoms with Crippen LogP contribution < -0.4 is 10.7 Å². The van der Waals surface area contributed by atoms with Crippen molar-refractivity contribution >= 4 is 29.1 Å². The Morgan fingerprint density at radius 1 is 1.19 bits per heavy atom. The van der Waals surface area contributed by atoms with E-state index in [-0.39, 0.29) is 17.5 Å². The van der Waals surface area contributed by atoms with Gasteiger partial charge in [-0.25, -0.2) is 9.82 Å². The number of hydrazone groups is 1. The monoisotopic (exact) mass is 452 g/mol. The van der Waals surface area contributed by atoms with Crippen molar-refractivity contribution in [1.82, 2.24) is 20.2 Å². The van der Waals surface area contributed by atoms with E-state index >= 15 is 0 Å². The molecule has 2 N–H and O–H groups in total. The van der Waals surface area contributed by atoms with Crippen molar-refractivity contribution in [2.45, 2.75) is 32.1 Å². The summed E-state index contributed by atoms with van der Waals surface area (Å²) in [5.74, 6) is 0.280. The fraction of sp³-hybridized carbons (Fsp3) is 0.217. The highest BCUT2D eigenvalue weighted by Gasteiger charge is 2.13. The van der Waals surface area contributed by atoms with Gasteiger partial charge in [-0.1, -0.05) is 47.7 Å². The largest absolute Gasteiger partial charge is 0.378 e. The minimum Gasteiger partial charge on any atom is -0.378 e. The van der Waals surface area contributed by atoms with Gasteiger partial charge in [-0.15, -0.1) is 16.8 Å². The number of nitrogens with zero attached hydrogens (tertiary/aromatic N) is 4. The number of aryl methyl sites for hydroxylation is 1. The normalized spacial score (nSPS) is 11.3. The zero-order valence-corrected chi connectivity index (χ0v) is 18.8. The summed E-state index contributed by atoms with van der Waals surface area (Å²) in [6.07, 6.45) is 1.76. The summed E-state index contributed by atoms with van der Waals surface area (Å²) >= 11 is 1.27. The van der Waals surface area contributed by atoms with Crippen molar-refractivity contribution in [2.24, 2.45) is 5.10 Å². The summed E-state index contributed by atoms with van der Waals surface area (Å²) in [7, 11) is 0. The first-order valence-electron chi connectivity index (χ1n) is 10.0. The third-order valence-corrected chi connectivity index (χ3v) is 5.52. The molecule has 1 amide bonds. The molecule has 1 aromatic heterocycles. The topological polar surface area (TPSA) is 84.2 Å². The van der Waals surface area contributed by atoms with Gasteiger partial charge in [-0.05, 0) is 43.7 Å². The number of carbonyl (C=O) groups excluding carboxylic acids is 1. The van der Waals surface area contributed by atoms with Crippen molar-refractivity contribution in [3.8, 4) is 0 Å². The van der Waals surface area contributed by atoms with Gasteiger partial charge in [-0.2, -0.15) is 5.10 Å². The Balaban J connectivity index is 1.57. The molecule has 32 heavy (non-hydrogen) atoms. The van der Waals surface area contributed by atoms with Gasteiger partial charge in [0.2, 0.25) is 0 Å². The van der Waals surface area contributed by atoms with E-state index in [0.717, 1.165) is 17.1 Å². The Hall–Kier alpha value is -3.46. The Morgan fingerprint density at radius 3 is 2.59 bits per heavy atom. The maximum Gasteiger partial charge on any atom is 0.250 e. The van der Waals surface area contributed by atoms with Gasteiger partial charge in [-0.3, -0.25) is 4.79 Å². The number of carbonyl (C=O) groups is 1. The maximum absolute atomic E-state index is 13.0. The highest BCUT2D eigenvalue weighted by atomic mass is 32.2. The third-order valence-electron chi connectivity index (χ3n) is 4.55. The molecule has 0 saturated carbocycles. The van der Waals surface area contributed by atoms with Crippen LogP contribution in [0.3, 0.4) is 0 Å². The summed E-state index contributed by atoms with van der Waals surface area (Å²) in [4.78, 5) is 12.2. The standard InChI is InChI=1S/C23H25FN6OS/c1-4-13-30-21(14-25-20-11-5-16(2)6-12-20)27-29-23(30)32-15-22(31)28-26-17(3)18-7-9-19(24)10-8-18/h4-12,25H,1,13-15H2,2-3H3,(H,28,31)/b26-17-. The summed E-state index contributed by atoms with van der Waals surface area (Å²) < 4.78 is 14.9. The first-order chi connectivity index (χ1) is 15.5. The minimum absolute atomic E-state index is 0.126. The quantitative estimate of drug-likeness (QED) is 0.209. The first-order valence-corrected chi connectivity index (χ1v) is 11.0. The number of rotatable bonds is 10. The van der Waals surface area contributed by atoms with Crippen LogP contribution in [-0.4, -0.2) is 32.1 Å². The molecule has 0 aliphatic rings. The molecule has 0 atom stereocenters. The van der Waals surface area contributed by atoms with Crippen molar-refractivity contribution in [3.05, 3.63) is 84.0 Å². The molecule has 2 aromatic carbocycles. The molecule has 9 heteroatoms. The molecule has 0 aliphatic carbocycles. The second-order valence-electron chi connectivity index (χ2n) is 7.05. The van der Waals surface area contributed by atoms with Crippen molar-refractivity contribution in [2.75, 3.05) is 11.1 Å². The average Bonchev–Trinajstić information content (AvgIpc) is 3.18. The second kappa shape index (κ2) is 11.2. The predicted molar refractivity (Wildman–Crippen MR) is 126 cm³/mol. The van der Waals surface area contributed by atoms with E-state index in [1.54, 1.807) is 25.1 Å². The van der Waals surface area contributed by atoms with E-state index in [9.17, 15) is 9.18 Å². The first kappa shape index (κ1) is 23.2. The molecule has 166 valence electrons. The smallest absolute Gasteiger partial charge is 0.250 e. The molecule has 7 nitrogen and oxygen atoms in total. The molecule has 3 aromatic rings. The van der Waals surface area contributed by atoms with Crippen molar-refractivity contribution in [1.29, 1.82) is 0 Å². The van der Waals surface area contributed by atoms with Crippen LogP contribution in [-0.2, 0) is 17.9 Å². The minimum atomic E-state index is -0.320. The number of halogens is 1. The molecule has 0 saturated heterocycles. The highest BCUT2D eigenvalue weighted by molar-refractivity contribution is 7.99.